The van der Waals surface area contributed by atoms with Crippen molar-refractivity contribution in [1.82, 2.24) is 5.32 Å². The fraction of sp³-hybridized carbons (Fsp3) is 0.400. The SMILES string of the molecule is C=C(C)COc1ccc2c(C)c(CCC(=O)N[C@@H](C)CO)c(=O)oc2c1. The van der Waals surface area contributed by atoms with Crippen molar-refractivity contribution in [3.8, 4) is 5.75 Å². The summed E-state index contributed by atoms with van der Waals surface area (Å²) in [6.07, 6.45) is 0.434. The largest absolute Gasteiger partial charge is 0.489 e. The Hall–Kier alpha value is -2.60. The molecule has 0 bridgehead atoms. The average molecular weight is 359 g/mol. The standard InChI is InChI=1S/C20H25NO5/c1-12(2)11-25-15-5-6-16-14(4)17(20(24)26-18(16)9-15)7-8-19(23)21-13(3)10-22/h5-6,9,13,22H,1,7-8,10-11H2,2-4H3,(H,21,23)/t13-/m0/s1. The van der Waals surface area contributed by atoms with E-state index in [1.54, 1.807) is 13.0 Å². The van der Waals surface area contributed by atoms with Crippen molar-refractivity contribution in [2.75, 3.05) is 13.2 Å². The molecule has 1 atom stereocenters. The predicted octanol–water partition coefficient (Wildman–Crippen LogP) is 2.49. The molecule has 26 heavy (non-hydrogen) atoms. The number of nitrogens with one attached hydrogen (secondary N) is 1. The molecule has 6 heteroatoms. The van der Waals surface area contributed by atoms with Gasteiger partial charge in [0.05, 0.1) is 6.61 Å². The lowest BCUT2D eigenvalue weighted by molar-refractivity contribution is -0.121. The van der Waals surface area contributed by atoms with Gasteiger partial charge in [-0.25, -0.2) is 4.79 Å². The fourth-order valence-corrected chi connectivity index (χ4v) is 2.59. The van der Waals surface area contributed by atoms with Crippen LogP contribution in [0.3, 0.4) is 0 Å². The summed E-state index contributed by atoms with van der Waals surface area (Å²) in [5, 5.41) is 12.4. The number of aryl methyl sites for hydroxylation is 1. The minimum absolute atomic E-state index is 0.126. The normalized spacial score (nSPS) is 12.0. The Bertz CT molecular complexity index is 868. The number of aliphatic hydroxyl groups excluding tert-OH is 1. The van der Waals surface area contributed by atoms with E-state index in [-0.39, 0.29) is 31.4 Å². The van der Waals surface area contributed by atoms with E-state index in [0.29, 0.717) is 23.5 Å². The zero-order chi connectivity index (χ0) is 19.3. The van der Waals surface area contributed by atoms with Crippen LogP contribution in [0.2, 0.25) is 0 Å². The van der Waals surface area contributed by atoms with Crippen LogP contribution in [0.4, 0.5) is 0 Å². The Morgan fingerprint density at radius 1 is 1.42 bits per heavy atom. The summed E-state index contributed by atoms with van der Waals surface area (Å²) in [7, 11) is 0. The van der Waals surface area contributed by atoms with Crippen LogP contribution in [-0.4, -0.2) is 30.3 Å². The van der Waals surface area contributed by atoms with Crippen molar-refractivity contribution < 1.29 is 19.1 Å². The van der Waals surface area contributed by atoms with E-state index >= 15 is 0 Å². The number of ether oxygens (including phenoxy) is 1. The van der Waals surface area contributed by atoms with Crippen LogP contribution in [0.15, 0.2) is 39.6 Å². The van der Waals surface area contributed by atoms with E-state index in [1.807, 2.05) is 26.0 Å². The maximum Gasteiger partial charge on any atom is 0.339 e. The third kappa shape index (κ3) is 4.95. The average Bonchev–Trinajstić information content (AvgIpc) is 2.59. The second kappa shape index (κ2) is 8.67. The second-order valence-corrected chi connectivity index (χ2v) is 6.55. The number of aliphatic hydroxyl groups is 1. The van der Waals surface area contributed by atoms with Crippen molar-refractivity contribution in [3.05, 3.63) is 51.9 Å². The van der Waals surface area contributed by atoms with Crippen LogP contribution in [0, 0.1) is 6.92 Å². The van der Waals surface area contributed by atoms with E-state index in [1.165, 1.54) is 0 Å². The van der Waals surface area contributed by atoms with E-state index in [0.717, 1.165) is 16.5 Å². The van der Waals surface area contributed by atoms with Gasteiger partial charge in [-0.05, 0) is 50.5 Å². The maximum atomic E-state index is 12.3. The van der Waals surface area contributed by atoms with Crippen molar-refractivity contribution in [2.24, 2.45) is 0 Å². The molecule has 6 nitrogen and oxygen atoms in total. The summed E-state index contributed by atoms with van der Waals surface area (Å²) in [5.74, 6) is 0.391. The molecule has 2 aromatic rings. The number of fused-ring (bicyclic) bond motifs is 1. The summed E-state index contributed by atoms with van der Waals surface area (Å²) in [6, 6.07) is 5.04. The van der Waals surface area contributed by atoms with Gasteiger partial charge in [0.2, 0.25) is 5.91 Å². The van der Waals surface area contributed by atoms with E-state index in [9.17, 15) is 9.59 Å². The molecule has 0 saturated heterocycles. The number of benzene rings is 1. The number of carbonyl (C=O) groups is 1. The van der Waals surface area contributed by atoms with Gasteiger partial charge >= 0.3 is 5.63 Å². The summed E-state index contributed by atoms with van der Waals surface area (Å²) in [6.45, 7) is 9.48. The molecule has 140 valence electrons. The van der Waals surface area contributed by atoms with Crippen LogP contribution in [0.25, 0.3) is 11.0 Å². The van der Waals surface area contributed by atoms with Crippen LogP contribution >= 0.6 is 0 Å². The number of hydrogen-bond donors (Lipinski definition) is 2. The number of carbonyl (C=O) groups excluding carboxylic acids is 1. The van der Waals surface area contributed by atoms with Gasteiger partial charge in [-0.3, -0.25) is 4.79 Å². The lowest BCUT2D eigenvalue weighted by Gasteiger charge is -2.12. The zero-order valence-electron chi connectivity index (χ0n) is 15.4. The summed E-state index contributed by atoms with van der Waals surface area (Å²) < 4.78 is 11.0. The molecular weight excluding hydrogens is 334 g/mol. The zero-order valence-corrected chi connectivity index (χ0v) is 15.4. The molecule has 1 heterocycles. The molecule has 2 rings (SSSR count). The van der Waals surface area contributed by atoms with E-state index in [4.69, 9.17) is 14.3 Å². The Morgan fingerprint density at radius 3 is 2.81 bits per heavy atom. The van der Waals surface area contributed by atoms with Crippen LogP contribution in [-0.2, 0) is 11.2 Å². The molecule has 0 aliphatic rings. The molecule has 0 aliphatic carbocycles. The first-order chi connectivity index (χ1) is 12.3. The molecule has 1 amide bonds. The molecule has 0 radical (unpaired) electrons. The van der Waals surface area contributed by atoms with Gasteiger partial charge in [-0.15, -0.1) is 0 Å². The Balaban J connectivity index is 2.21. The van der Waals surface area contributed by atoms with Gasteiger partial charge in [0.1, 0.15) is 17.9 Å². The molecule has 0 saturated carbocycles. The van der Waals surface area contributed by atoms with E-state index < -0.39 is 5.63 Å². The van der Waals surface area contributed by atoms with Crippen LogP contribution in [0.5, 0.6) is 5.75 Å². The number of amides is 1. The Labute approximate surface area is 152 Å². The Kier molecular flexibility index (Phi) is 6.58. The van der Waals surface area contributed by atoms with Crippen molar-refractivity contribution >= 4 is 16.9 Å². The lowest BCUT2D eigenvalue weighted by atomic mass is 10.0. The topological polar surface area (TPSA) is 88.8 Å². The minimum atomic E-state index is -0.449. The van der Waals surface area contributed by atoms with Gasteiger partial charge in [0.15, 0.2) is 0 Å². The quantitative estimate of drug-likeness (QED) is 0.558. The van der Waals surface area contributed by atoms with Crippen LogP contribution < -0.4 is 15.7 Å². The first-order valence-electron chi connectivity index (χ1n) is 8.55. The highest BCUT2D eigenvalue weighted by molar-refractivity contribution is 5.82. The first kappa shape index (κ1) is 19.7. The molecule has 1 aromatic heterocycles. The van der Waals surface area contributed by atoms with Gasteiger partial charge < -0.3 is 19.6 Å². The van der Waals surface area contributed by atoms with Gasteiger partial charge in [0.25, 0.3) is 0 Å². The number of hydrogen-bond acceptors (Lipinski definition) is 5. The monoisotopic (exact) mass is 359 g/mol. The second-order valence-electron chi connectivity index (χ2n) is 6.55. The minimum Gasteiger partial charge on any atom is -0.489 e. The predicted molar refractivity (Wildman–Crippen MR) is 101 cm³/mol. The fourth-order valence-electron chi connectivity index (χ4n) is 2.59. The molecule has 0 spiro atoms. The maximum absolute atomic E-state index is 12.3. The summed E-state index contributed by atoms with van der Waals surface area (Å²) in [5.41, 5.74) is 2.18. The molecule has 0 unspecified atom stereocenters. The summed E-state index contributed by atoms with van der Waals surface area (Å²) >= 11 is 0. The van der Waals surface area contributed by atoms with Gasteiger partial charge in [-0.2, -0.15) is 0 Å². The third-order valence-electron chi connectivity index (χ3n) is 4.03. The number of rotatable bonds is 8. The Morgan fingerprint density at radius 2 is 2.15 bits per heavy atom. The van der Waals surface area contributed by atoms with Crippen molar-refractivity contribution in [1.29, 1.82) is 0 Å². The molecule has 2 N–H and O–H groups in total. The molecule has 0 aliphatic heterocycles. The van der Waals surface area contributed by atoms with Gasteiger partial charge in [-0.1, -0.05) is 6.58 Å². The third-order valence-corrected chi connectivity index (χ3v) is 4.03. The smallest absolute Gasteiger partial charge is 0.339 e. The lowest BCUT2D eigenvalue weighted by Crippen LogP contribution is -2.35. The first-order valence-corrected chi connectivity index (χ1v) is 8.55. The summed E-state index contributed by atoms with van der Waals surface area (Å²) in [4.78, 5) is 24.2. The van der Waals surface area contributed by atoms with Crippen LogP contribution in [0.1, 0.15) is 31.4 Å². The molecular formula is C20H25NO5. The highest BCUT2D eigenvalue weighted by atomic mass is 16.5. The molecule has 0 fully saturated rings. The van der Waals surface area contributed by atoms with E-state index in [2.05, 4.69) is 11.9 Å². The van der Waals surface area contributed by atoms with Crippen molar-refractivity contribution in [3.63, 3.8) is 0 Å². The molecule has 1 aromatic carbocycles. The highest BCUT2D eigenvalue weighted by Gasteiger charge is 2.14. The van der Waals surface area contributed by atoms with Crippen molar-refractivity contribution in [2.45, 2.75) is 39.7 Å². The highest BCUT2D eigenvalue weighted by Crippen LogP contribution is 2.25. The van der Waals surface area contributed by atoms with Gasteiger partial charge in [0, 0.05) is 29.5 Å².